The number of aromatic nitrogens is 1. The first-order valence-electron chi connectivity index (χ1n) is 10.5. The number of ketones is 2. The lowest BCUT2D eigenvalue weighted by Gasteiger charge is -2.10. The van der Waals surface area contributed by atoms with Gasteiger partial charge in [0.05, 0.1) is 32.6 Å². The highest BCUT2D eigenvalue weighted by molar-refractivity contribution is 6.21. The second kappa shape index (κ2) is 9.54. The fraction of sp³-hybridized carbons (Fsp3) is 0.111. The van der Waals surface area contributed by atoms with Gasteiger partial charge in [0.1, 0.15) is 23.1 Å². The number of ether oxygens (including phenoxy) is 3. The van der Waals surface area contributed by atoms with E-state index in [2.05, 4.69) is 4.98 Å². The van der Waals surface area contributed by atoms with Crippen molar-refractivity contribution in [3.63, 3.8) is 0 Å². The number of aromatic amines is 1. The Morgan fingerprint density at radius 1 is 0.647 bits per heavy atom. The third-order valence-corrected chi connectivity index (χ3v) is 5.57. The molecule has 0 amide bonds. The van der Waals surface area contributed by atoms with E-state index in [0.717, 1.165) is 0 Å². The maximum absolute atomic E-state index is 13.5. The van der Waals surface area contributed by atoms with Crippen LogP contribution in [0.15, 0.2) is 72.8 Å². The smallest absolute Gasteiger partial charge is 0.209 e. The number of benzene rings is 3. The summed E-state index contributed by atoms with van der Waals surface area (Å²) < 4.78 is 15.6. The monoisotopic (exact) mass is 456 g/mol. The van der Waals surface area contributed by atoms with Crippen molar-refractivity contribution in [1.82, 2.24) is 4.98 Å². The van der Waals surface area contributed by atoms with Gasteiger partial charge in [-0.25, -0.2) is 0 Å². The number of rotatable bonds is 8. The number of anilines is 1. The van der Waals surface area contributed by atoms with Crippen LogP contribution in [0.4, 0.5) is 5.82 Å². The molecule has 0 aliphatic rings. The van der Waals surface area contributed by atoms with Crippen LogP contribution in [0.2, 0.25) is 0 Å². The van der Waals surface area contributed by atoms with Crippen LogP contribution < -0.4 is 19.9 Å². The zero-order valence-electron chi connectivity index (χ0n) is 19.0. The molecule has 1 heterocycles. The van der Waals surface area contributed by atoms with E-state index < -0.39 is 0 Å². The van der Waals surface area contributed by atoms with E-state index in [1.165, 1.54) is 0 Å². The molecule has 0 saturated heterocycles. The Balaban J connectivity index is 1.87. The molecule has 0 bridgehead atoms. The fourth-order valence-electron chi connectivity index (χ4n) is 3.75. The van der Waals surface area contributed by atoms with Gasteiger partial charge < -0.3 is 24.9 Å². The molecule has 172 valence electrons. The Bertz CT molecular complexity index is 1320. The van der Waals surface area contributed by atoms with Crippen LogP contribution in [0, 0.1) is 0 Å². The summed E-state index contributed by atoms with van der Waals surface area (Å²) in [6.45, 7) is 0. The average molecular weight is 456 g/mol. The molecule has 1 aromatic heterocycles. The molecule has 0 aliphatic heterocycles. The molecule has 3 aromatic carbocycles. The summed E-state index contributed by atoms with van der Waals surface area (Å²) in [5.74, 6) is 1.42. The van der Waals surface area contributed by atoms with E-state index in [9.17, 15) is 9.59 Å². The van der Waals surface area contributed by atoms with Gasteiger partial charge in [0, 0.05) is 16.7 Å². The Morgan fingerprint density at radius 2 is 1.06 bits per heavy atom. The molecule has 3 N–H and O–H groups in total. The summed E-state index contributed by atoms with van der Waals surface area (Å²) in [5, 5.41) is 0. The number of hydrogen-bond acceptors (Lipinski definition) is 6. The van der Waals surface area contributed by atoms with Gasteiger partial charge >= 0.3 is 0 Å². The summed E-state index contributed by atoms with van der Waals surface area (Å²) >= 11 is 0. The van der Waals surface area contributed by atoms with E-state index in [0.29, 0.717) is 39.5 Å². The first-order chi connectivity index (χ1) is 16.5. The van der Waals surface area contributed by atoms with Crippen molar-refractivity contribution < 1.29 is 23.8 Å². The molecular formula is C27H24N2O5. The van der Waals surface area contributed by atoms with E-state index in [1.807, 2.05) is 0 Å². The Kier molecular flexibility index (Phi) is 6.36. The molecule has 0 radical (unpaired) electrons. The summed E-state index contributed by atoms with van der Waals surface area (Å²) in [5.41, 5.74) is 8.69. The maximum Gasteiger partial charge on any atom is 0.209 e. The highest BCUT2D eigenvalue weighted by Gasteiger charge is 2.28. The van der Waals surface area contributed by atoms with Gasteiger partial charge in [-0.2, -0.15) is 0 Å². The van der Waals surface area contributed by atoms with Crippen LogP contribution >= 0.6 is 0 Å². The molecule has 7 heteroatoms. The first-order valence-corrected chi connectivity index (χ1v) is 10.5. The lowest BCUT2D eigenvalue weighted by atomic mass is 9.93. The molecule has 34 heavy (non-hydrogen) atoms. The fourth-order valence-corrected chi connectivity index (χ4v) is 3.75. The van der Waals surface area contributed by atoms with Gasteiger partial charge in [-0.15, -0.1) is 0 Å². The summed E-state index contributed by atoms with van der Waals surface area (Å²) in [4.78, 5) is 30.0. The van der Waals surface area contributed by atoms with Crippen LogP contribution in [0.1, 0.15) is 32.0 Å². The number of carbonyl (C=O) groups excluding carboxylic acids is 2. The normalized spacial score (nSPS) is 10.6. The molecule has 4 rings (SSSR count). The zero-order chi connectivity index (χ0) is 24.2. The minimum atomic E-state index is -0.309. The van der Waals surface area contributed by atoms with Crippen LogP contribution in [0.5, 0.6) is 17.2 Å². The Morgan fingerprint density at radius 3 is 1.50 bits per heavy atom. The summed E-state index contributed by atoms with van der Waals surface area (Å²) in [7, 11) is 4.68. The molecule has 0 saturated carbocycles. The predicted octanol–water partition coefficient (Wildman–Crippen LogP) is 4.75. The van der Waals surface area contributed by atoms with Crippen LogP contribution in [0.3, 0.4) is 0 Å². The molecular weight excluding hydrogens is 432 g/mol. The summed E-state index contributed by atoms with van der Waals surface area (Å²) in [6.07, 6.45) is 0. The van der Waals surface area contributed by atoms with E-state index in [4.69, 9.17) is 19.9 Å². The van der Waals surface area contributed by atoms with E-state index in [1.54, 1.807) is 94.1 Å². The Labute approximate surface area is 197 Å². The van der Waals surface area contributed by atoms with Crippen molar-refractivity contribution in [2.45, 2.75) is 0 Å². The van der Waals surface area contributed by atoms with E-state index >= 15 is 0 Å². The molecule has 0 aliphatic carbocycles. The number of hydrogen-bond donors (Lipinski definition) is 2. The topological polar surface area (TPSA) is 104 Å². The Hall–Kier alpha value is -4.52. The average Bonchev–Trinajstić information content (AvgIpc) is 3.24. The highest BCUT2D eigenvalue weighted by atomic mass is 16.5. The van der Waals surface area contributed by atoms with Crippen LogP contribution in [-0.2, 0) is 0 Å². The molecule has 7 nitrogen and oxygen atoms in total. The largest absolute Gasteiger partial charge is 0.497 e. The van der Waals surface area contributed by atoms with Gasteiger partial charge in [0.15, 0.2) is 5.78 Å². The van der Waals surface area contributed by atoms with Gasteiger partial charge in [-0.1, -0.05) is 12.1 Å². The van der Waals surface area contributed by atoms with Crippen molar-refractivity contribution in [2.24, 2.45) is 0 Å². The first kappa shape index (κ1) is 22.7. The van der Waals surface area contributed by atoms with E-state index in [-0.39, 0.29) is 28.6 Å². The molecule has 0 fully saturated rings. The van der Waals surface area contributed by atoms with Gasteiger partial charge in [0.2, 0.25) is 5.78 Å². The van der Waals surface area contributed by atoms with Crippen molar-refractivity contribution in [1.29, 1.82) is 0 Å². The summed E-state index contributed by atoms with van der Waals surface area (Å²) in [6, 6.07) is 20.6. The number of nitrogens with one attached hydrogen (secondary N) is 1. The van der Waals surface area contributed by atoms with Gasteiger partial charge in [0.25, 0.3) is 0 Å². The minimum absolute atomic E-state index is 0.114. The van der Waals surface area contributed by atoms with Crippen molar-refractivity contribution in [2.75, 3.05) is 27.1 Å². The lowest BCUT2D eigenvalue weighted by molar-refractivity contribution is 0.103. The van der Waals surface area contributed by atoms with Crippen molar-refractivity contribution in [3.8, 4) is 28.4 Å². The van der Waals surface area contributed by atoms with Crippen LogP contribution in [0.25, 0.3) is 11.1 Å². The molecule has 0 atom stereocenters. The number of carbonyl (C=O) groups is 2. The number of nitrogens with two attached hydrogens (primary N) is 1. The zero-order valence-corrected chi connectivity index (χ0v) is 19.0. The standard InChI is InChI=1S/C27H24N2O5/c1-32-19-10-4-16(5-11-19)22-23(25(30)17-6-12-20(33-2)13-7-17)27(28)29-24(22)26(31)18-8-14-21(34-3)15-9-18/h4-15,29H,28H2,1-3H3. The number of methoxy groups -OCH3 is 3. The number of H-pyrrole nitrogens is 1. The third-order valence-electron chi connectivity index (χ3n) is 5.57. The lowest BCUT2D eigenvalue weighted by Crippen LogP contribution is -2.07. The van der Waals surface area contributed by atoms with Gasteiger partial charge in [-0.05, 0) is 66.2 Å². The SMILES string of the molecule is COc1ccc(C(=O)c2[nH]c(N)c(C(=O)c3ccc(OC)cc3)c2-c2ccc(OC)cc2)cc1. The van der Waals surface area contributed by atoms with Crippen LogP contribution in [-0.4, -0.2) is 37.9 Å². The minimum Gasteiger partial charge on any atom is -0.497 e. The number of nitrogen functional groups attached to an aromatic ring is 1. The third kappa shape index (κ3) is 4.23. The maximum atomic E-state index is 13.5. The van der Waals surface area contributed by atoms with Crippen molar-refractivity contribution >= 4 is 17.4 Å². The quantitative estimate of drug-likeness (QED) is 0.371. The molecule has 4 aromatic rings. The molecule has 0 spiro atoms. The predicted molar refractivity (Wildman–Crippen MR) is 130 cm³/mol. The molecule has 0 unspecified atom stereocenters. The second-order valence-electron chi connectivity index (χ2n) is 7.51. The second-order valence-corrected chi connectivity index (χ2v) is 7.51. The van der Waals surface area contributed by atoms with Gasteiger partial charge in [-0.3, -0.25) is 9.59 Å². The van der Waals surface area contributed by atoms with Crippen molar-refractivity contribution in [3.05, 3.63) is 95.2 Å². The highest BCUT2D eigenvalue weighted by Crippen LogP contribution is 2.36.